The van der Waals surface area contributed by atoms with Crippen LogP contribution in [0.3, 0.4) is 0 Å². The highest BCUT2D eigenvalue weighted by Crippen LogP contribution is 2.21. The van der Waals surface area contributed by atoms with Gasteiger partial charge in [0.25, 0.3) is 0 Å². The van der Waals surface area contributed by atoms with Gasteiger partial charge in [-0.2, -0.15) is 0 Å². The first-order chi connectivity index (χ1) is 11.6. The maximum atomic E-state index is 12.3. The molecule has 0 saturated carbocycles. The van der Waals surface area contributed by atoms with Gasteiger partial charge in [0.15, 0.2) is 5.16 Å². The summed E-state index contributed by atoms with van der Waals surface area (Å²) in [6, 6.07) is 11.9. The predicted octanol–water partition coefficient (Wildman–Crippen LogP) is 3.52. The number of hydrogen-bond acceptors (Lipinski definition) is 4. The number of carbonyl (C=O) groups excluding carboxylic acids is 1. The number of hydrogen-bond donors (Lipinski definition) is 0. The standard InChI is InChI=1S/C18H19N3O2S/c1-14-5-3-6-15(11-14)21-9-8-19-18(21)24-13-17(22)20(2)12-16-7-4-10-23-16/h3-11H,12-13H2,1-2H3. The van der Waals surface area contributed by atoms with Crippen LogP contribution in [0.25, 0.3) is 5.69 Å². The second-order valence-electron chi connectivity index (χ2n) is 5.54. The van der Waals surface area contributed by atoms with Crippen molar-refractivity contribution in [2.75, 3.05) is 12.8 Å². The number of amides is 1. The number of carbonyl (C=O) groups is 1. The molecule has 0 aliphatic carbocycles. The molecule has 2 heterocycles. The van der Waals surface area contributed by atoms with Crippen LogP contribution in [-0.4, -0.2) is 33.2 Å². The van der Waals surface area contributed by atoms with E-state index in [4.69, 9.17) is 4.42 Å². The van der Waals surface area contributed by atoms with Crippen LogP contribution in [-0.2, 0) is 11.3 Å². The summed E-state index contributed by atoms with van der Waals surface area (Å²) < 4.78 is 7.27. The monoisotopic (exact) mass is 341 g/mol. The molecular weight excluding hydrogens is 322 g/mol. The molecule has 0 N–H and O–H groups in total. The van der Waals surface area contributed by atoms with E-state index < -0.39 is 0 Å². The number of aromatic nitrogens is 2. The lowest BCUT2D eigenvalue weighted by Crippen LogP contribution is -2.27. The van der Waals surface area contributed by atoms with Gasteiger partial charge in [-0.05, 0) is 36.8 Å². The maximum Gasteiger partial charge on any atom is 0.233 e. The summed E-state index contributed by atoms with van der Waals surface area (Å²) in [5.74, 6) is 1.15. The minimum atomic E-state index is 0.0372. The van der Waals surface area contributed by atoms with Crippen molar-refractivity contribution >= 4 is 17.7 Å². The van der Waals surface area contributed by atoms with Crippen molar-refractivity contribution in [1.82, 2.24) is 14.5 Å². The Labute approximate surface area is 145 Å². The summed E-state index contributed by atoms with van der Waals surface area (Å²) in [7, 11) is 1.78. The molecule has 0 bridgehead atoms. The van der Waals surface area contributed by atoms with Gasteiger partial charge in [-0.1, -0.05) is 23.9 Å². The number of benzene rings is 1. The maximum absolute atomic E-state index is 12.3. The molecule has 2 aromatic heterocycles. The van der Waals surface area contributed by atoms with E-state index in [9.17, 15) is 4.79 Å². The second-order valence-corrected chi connectivity index (χ2v) is 6.48. The first kappa shape index (κ1) is 16.4. The summed E-state index contributed by atoms with van der Waals surface area (Å²) in [6.45, 7) is 2.53. The van der Waals surface area contributed by atoms with Gasteiger partial charge in [-0.25, -0.2) is 4.98 Å². The second kappa shape index (κ2) is 7.40. The molecular formula is C18H19N3O2S. The Morgan fingerprint density at radius 3 is 2.96 bits per heavy atom. The van der Waals surface area contributed by atoms with Crippen molar-refractivity contribution in [2.45, 2.75) is 18.6 Å². The van der Waals surface area contributed by atoms with Crippen LogP contribution < -0.4 is 0 Å². The number of rotatable bonds is 6. The van der Waals surface area contributed by atoms with Gasteiger partial charge in [-0.15, -0.1) is 0 Å². The third kappa shape index (κ3) is 3.89. The lowest BCUT2D eigenvalue weighted by atomic mass is 10.2. The van der Waals surface area contributed by atoms with Crippen LogP contribution in [0.15, 0.2) is 64.6 Å². The molecule has 0 spiro atoms. The van der Waals surface area contributed by atoms with Gasteiger partial charge in [0.2, 0.25) is 5.91 Å². The van der Waals surface area contributed by atoms with E-state index in [2.05, 4.69) is 24.0 Å². The van der Waals surface area contributed by atoms with E-state index >= 15 is 0 Å². The van der Waals surface area contributed by atoms with Crippen molar-refractivity contribution in [3.05, 3.63) is 66.4 Å². The minimum absolute atomic E-state index is 0.0372. The summed E-state index contributed by atoms with van der Waals surface area (Å²) in [6.07, 6.45) is 5.27. The lowest BCUT2D eigenvalue weighted by molar-refractivity contribution is -0.127. The molecule has 0 fully saturated rings. The Bertz CT molecular complexity index is 811. The summed E-state index contributed by atoms with van der Waals surface area (Å²) in [4.78, 5) is 18.3. The van der Waals surface area contributed by atoms with Gasteiger partial charge in [0.05, 0.1) is 18.6 Å². The highest BCUT2D eigenvalue weighted by molar-refractivity contribution is 7.99. The molecule has 124 valence electrons. The summed E-state index contributed by atoms with van der Waals surface area (Å²) in [5, 5.41) is 0.806. The summed E-state index contributed by atoms with van der Waals surface area (Å²) >= 11 is 1.43. The van der Waals surface area contributed by atoms with Gasteiger partial charge in [0, 0.05) is 25.1 Å². The average Bonchev–Trinajstić information content (AvgIpc) is 3.23. The largest absolute Gasteiger partial charge is 0.467 e. The molecule has 3 aromatic rings. The topological polar surface area (TPSA) is 51.3 Å². The number of nitrogens with zero attached hydrogens (tertiary/aromatic N) is 3. The van der Waals surface area contributed by atoms with Gasteiger partial charge >= 0.3 is 0 Å². The van der Waals surface area contributed by atoms with E-state index in [1.165, 1.54) is 17.3 Å². The highest BCUT2D eigenvalue weighted by Gasteiger charge is 2.13. The van der Waals surface area contributed by atoms with E-state index in [1.54, 1.807) is 24.4 Å². The van der Waals surface area contributed by atoms with Gasteiger partial charge in [-0.3, -0.25) is 9.36 Å². The third-order valence-electron chi connectivity index (χ3n) is 3.61. The molecule has 0 atom stereocenters. The van der Waals surface area contributed by atoms with Crippen LogP contribution in [0.5, 0.6) is 0 Å². The lowest BCUT2D eigenvalue weighted by Gasteiger charge is -2.15. The molecule has 0 radical (unpaired) electrons. The molecule has 0 aliphatic heterocycles. The smallest absolute Gasteiger partial charge is 0.233 e. The van der Waals surface area contributed by atoms with E-state index in [-0.39, 0.29) is 5.91 Å². The fraction of sp³-hybridized carbons (Fsp3) is 0.222. The van der Waals surface area contributed by atoms with Crippen LogP contribution in [0.1, 0.15) is 11.3 Å². The number of furan rings is 1. The summed E-state index contributed by atoms with van der Waals surface area (Å²) in [5.41, 5.74) is 2.23. The molecule has 0 saturated heterocycles. The Kier molecular flexibility index (Phi) is 5.05. The Balaban J connectivity index is 1.63. The van der Waals surface area contributed by atoms with Crippen molar-refractivity contribution in [2.24, 2.45) is 0 Å². The third-order valence-corrected chi connectivity index (χ3v) is 4.56. The number of imidazole rings is 1. The first-order valence-corrected chi connectivity index (χ1v) is 8.61. The van der Waals surface area contributed by atoms with Crippen molar-refractivity contribution in [3.8, 4) is 5.69 Å². The zero-order valence-corrected chi connectivity index (χ0v) is 14.5. The number of thioether (sulfide) groups is 1. The fourth-order valence-electron chi connectivity index (χ4n) is 2.33. The van der Waals surface area contributed by atoms with Crippen molar-refractivity contribution in [3.63, 3.8) is 0 Å². The van der Waals surface area contributed by atoms with Crippen molar-refractivity contribution in [1.29, 1.82) is 0 Å². The van der Waals surface area contributed by atoms with E-state index in [1.807, 2.05) is 35.0 Å². The SMILES string of the molecule is Cc1cccc(-n2ccnc2SCC(=O)N(C)Cc2ccco2)c1. The van der Waals surface area contributed by atoms with Crippen LogP contribution in [0, 0.1) is 6.92 Å². The Morgan fingerprint density at radius 1 is 1.33 bits per heavy atom. The molecule has 5 nitrogen and oxygen atoms in total. The minimum Gasteiger partial charge on any atom is -0.467 e. The first-order valence-electron chi connectivity index (χ1n) is 7.63. The molecule has 3 rings (SSSR count). The zero-order chi connectivity index (χ0) is 16.9. The number of aryl methyl sites for hydroxylation is 1. The Morgan fingerprint density at radius 2 is 2.21 bits per heavy atom. The molecule has 1 amide bonds. The van der Waals surface area contributed by atoms with Gasteiger partial charge < -0.3 is 9.32 Å². The normalized spacial score (nSPS) is 10.8. The highest BCUT2D eigenvalue weighted by atomic mass is 32.2. The van der Waals surface area contributed by atoms with Crippen LogP contribution in [0.4, 0.5) is 0 Å². The Hall–Kier alpha value is -2.47. The molecule has 6 heteroatoms. The molecule has 0 aliphatic rings. The van der Waals surface area contributed by atoms with E-state index in [0.29, 0.717) is 12.3 Å². The van der Waals surface area contributed by atoms with Gasteiger partial charge in [0.1, 0.15) is 5.76 Å². The predicted molar refractivity (Wildman–Crippen MR) is 94.2 cm³/mol. The van der Waals surface area contributed by atoms with Crippen LogP contribution in [0.2, 0.25) is 0 Å². The molecule has 0 unspecified atom stereocenters. The van der Waals surface area contributed by atoms with Crippen molar-refractivity contribution < 1.29 is 9.21 Å². The molecule has 24 heavy (non-hydrogen) atoms. The van der Waals surface area contributed by atoms with E-state index in [0.717, 1.165) is 16.6 Å². The molecule has 1 aromatic carbocycles. The quantitative estimate of drug-likeness (QED) is 0.644. The average molecular weight is 341 g/mol. The van der Waals surface area contributed by atoms with Crippen LogP contribution >= 0.6 is 11.8 Å². The fourth-order valence-corrected chi connectivity index (χ4v) is 3.25. The zero-order valence-electron chi connectivity index (χ0n) is 13.7.